The fourth-order valence-corrected chi connectivity index (χ4v) is 1.80. The standard InChI is InChI=1S/C9H15BrN2O/c1-4-8(13)9-7(10)5-11-12(9)6(2)3/h5-6,8,13H,4H2,1-3H3. The molecule has 0 radical (unpaired) electrons. The molecule has 0 aliphatic rings. The lowest BCUT2D eigenvalue weighted by molar-refractivity contribution is 0.159. The lowest BCUT2D eigenvalue weighted by Gasteiger charge is -2.14. The predicted octanol–water partition coefficient (Wildman–Crippen LogP) is 2.67. The zero-order valence-electron chi connectivity index (χ0n) is 8.16. The molecule has 1 rings (SSSR count). The molecular formula is C9H15BrN2O. The van der Waals surface area contributed by atoms with Crippen LogP contribution in [0, 0.1) is 0 Å². The van der Waals surface area contributed by atoms with Gasteiger partial charge in [-0.2, -0.15) is 5.10 Å². The van der Waals surface area contributed by atoms with Gasteiger partial charge in [0.2, 0.25) is 0 Å². The highest BCUT2D eigenvalue weighted by Gasteiger charge is 2.17. The zero-order valence-corrected chi connectivity index (χ0v) is 9.74. The molecular weight excluding hydrogens is 232 g/mol. The van der Waals surface area contributed by atoms with Crippen molar-refractivity contribution < 1.29 is 5.11 Å². The first-order valence-electron chi connectivity index (χ1n) is 4.48. The van der Waals surface area contributed by atoms with Gasteiger partial charge in [0.15, 0.2) is 0 Å². The second-order valence-electron chi connectivity index (χ2n) is 3.34. The monoisotopic (exact) mass is 246 g/mol. The minimum absolute atomic E-state index is 0.280. The summed E-state index contributed by atoms with van der Waals surface area (Å²) in [5.74, 6) is 0. The summed E-state index contributed by atoms with van der Waals surface area (Å²) in [7, 11) is 0. The van der Waals surface area contributed by atoms with Crippen LogP contribution in [0.1, 0.15) is 45.0 Å². The average molecular weight is 247 g/mol. The summed E-state index contributed by atoms with van der Waals surface area (Å²) in [5, 5.41) is 13.9. The van der Waals surface area contributed by atoms with E-state index in [1.807, 2.05) is 25.5 Å². The number of aliphatic hydroxyl groups is 1. The molecule has 0 aromatic carbocycles. The SMILES string of the molecule is CCC(O)c1c(Br)cnn1C(C)C. The van der Waals surface area contributed by atoms with E-state index in [9.17, 15) is 5.11 Å². The van der Waals surface area contributed by atoms with E-state index in [-0.39, 0.29) is 6.04 Å². The third-order valence-corrected chi connectivity index (χ3v) is 2.59. The van der Waals surface area contributed by atoms with Gasteiger partial charge in [0.05, 0.1) is 22.5 Å². The van der Waals surface area contributed by atoms with E-state index in [0.717, 1.165) is 10.2 Å². The quantitative estimate of drug-likeness (QED) is 0.891. The van der Waals surface area contributed by atoms with Gasteiger partial charge in [-0.05, 0) is 36.2 Å². The third-order valence-electron chi connectivity index (χ3n) is 1.98. The third kappa shape index (κ3) is 2.11. The van der Waals surface area contributed by atoms with Gasteiger partial charge in [0.1, 0.15) is 0 Å². The summed E-state index contributed by atoms with van der Waals surface area (Å²) in [4.78, 5) is 0. The molecule has 0 amide bonds. The molecule has 74 valence electrons. The minimum Gasteiger partial charge on any atom is -0.387 e. The van der Waals surface area contributed by atoms with Gasteiger partial charge in [-0.3, -0.25) is 4.68 Å². The van der Waals surface area contributed by atoms with Gasteiger partial charge in [0.25, 0.3) is 0 Å². The molecule has 0 saturated heterocycles. The first kappa shape index (κ1) is 10.7. The van der Waals surface area contributed by atoms with Crippen LogP contribution < -0.4 is 0 Å². The van der Waals surface area contributed by atoms with Crippen molar-refractivity contribution in [2.45, 2.75) is 39.3 Å². The fourth-order valence-electron chi connectivity index (χ4n) is 1.27. The van der Waals surface area contributed by atoms with Crippen LogP contribution in [0.25, 0.3) is 0 Å². The summed E-state index contributed by atoms with van der Waals surface area (Å²) >= 11 is 3.38. The van der Waals surface area contributed by atoms with E-state index in [0.29, 0.717) is 6.42 Å². The summed E-state index contributed by atoms with van der Waals surface area (Å²) in [5.41, 5.74) is 0.873. The first-order valence-corrected chi connectivity index (χ1v) is 5.28. The Morgan fingerprint density at radius 1 is 1.62 bits per heavy atom. The average Bonchev–Trinajstić information content (AvgIpc) is 2.46. The number of rotatable bonds is 3. The molecule has 3 nitrogen and oxygen atoms in total. The van der Waals surface area contributed by atoms with E-state index in [1.54, 1.807) is 6.20 Å². The molecule has 4 heteroatoms. The van der Waals surface area contributed by atoms with Crippen molar-refractivity contribution >= 4 is 15.9 Å². The van der Waals surface area contributed by atoms with Crippen LogP contribution >= 0.6 is 15.9 Å². The molecule has 1 heterocycles. The molecule has 1 unspecified atom stereocenters. The second kappa shape index (κ2) is 4.24. The minimum atomic E-state index is -0.431. The largest absolute Gasteiger partial charge is 0.387 e. The van der Waals surface area contributed by atoms with Gasteiger partial charge in [-0.15, -0.1) is 0 Å². The second-order valence-corrected chi connectivity index (χ2v) is 4.19. The molecule has 1 N–H and O–H groups in total. The summed E-state index contributed by atoms with van der Waals surface area (Å²) in [6, 6.07) is 0.280. The van der Waals surface area contributed by atoms with Crippen molar-refractivity contribution in [3.05, 3.63) is 16.4 Å². The highest BCUT2D eigenvalue weighted by Crippen LogP contribution is 2.27. The molecule has 1 aromatic heterocycles. The number of aliphatic hydroxyl groups excluding tert-OH is 1. The molecule has 0 bridgehead atoms. The molecule has 0 saturated carbocycles. The van der Waals surface area contributed by atoms with Crippen LogP contribution in [0.5, 0.6) is 0 Å². The molecule has 0 spiro atoms. The maximum absolute atomic E-state index is 9.74. The van der Waals surface area contributed by atoms with Crippen LogP contribution in [0.4, 0.5) is 0 Å². The summed E-state index contributed by atoms with van der Waals surface area (Å²) < 4.78 is 2.73. The Labute approximate surface area is 86.9 Å². The Bertz CT molecular complexity index is 283. The number of aromatic nitrogens is 2. The van der Waals surface area contributed by atoms with Crippen LogP contribution in [0.15, 0.2) is 10.7 Å². The van der Waals surface area contributed by atoms with Gasteiger partial charge in [-0.25, -0.2) is 0 Å². The fraction of sp³-hybridized carbons (Fsp3) is 0.667. The lowest BCUT2D eigenvalue weighted by atomic mass is 10.2. The first-order chi connectivity index (χ1) is 6.07. The number of nitrogens with zero attached hydrogens (tertiary/aromatic N) is 2. The van der Waals surface area contributed by atoms with Crippen molar-refractivity contribution in [3.8, 4) is 0 Å². The van der Waals surface area contributed by atoms with Gasteiger partial charge in [0, 0.05) is 6.04 Å². The lowest BCUT2D eigenvalue weighted by Crippen LogP contribution is -2.11. The van der Waals surface area contributed by atoms with E-state index in [4.69, 9.17) is 0 Å². The normalized spacial score (nSPS) is 13.7. The Balaban J connectivity index is 3.08. The van der Waals surface area contributed by atoms with Crippen molar-refractivity contribution in [2.24, 2.45) is 0 Å². The molecule has 0 aliphatic carbocycles. The van der Waals surface area contributed by atoms with Crippen molar-refractivity contribution in [1.82, 2.24) is 9.78 Å². The van der Waals surface area contributed by atoms with Crippen LogP contribution in [-0.4, -0.2) is 14.9 Å². The van der Waals surface area contributed by atoms with E-state index < -0.39 is 6.10 Å². The zero-order chi connectivity index (χ0) is 10.0. The Hall–Kier alpha value is -0.350. The predicted molar refractivity (Wildman–Crippen MR) is 55.6 cm³/mol. The van der Waals surface area contributed by atoms with Gasteiger partial charge >= 0.3 is 0 Å². The maximum atomic E-state index is 9.74. The summed E-state index contributed by atoms with van der Waals surface area (Å²) in [6.45, 7) is 6.05. The maximum Gasteiger partial charge on any atom is 0.0965 e. The van der Waals surface area contributed by atoms with Crippen molar-refractivity contribution in [3.63, 3.8) is 0 Å². The molecule has 0 fully saturated rings. The number of hydrogen-bond donors (Lipinski definition) is 1. The van der Waals surface area contributed by atoms with Gasteiger partial charge < -0.3 is 5.11 Å². The topological polar surface area (TPSA) is 38.1 Å². The van der Waals surface area contributed by atoms with E-state index in [1.165, 1.54) is 0 Å². The smallest absolute Gasteiger partial charge is 0.0965 e. The molecule has 1 aromatic rings. The highest BCUT2D eigenvalue weighted by atomic mass is 79.9. The van der Waals surface area contributed by atoms with Crippen LogP contribution in [-0.2, 0) is 0 Å². The molecule has 0 aliphatic heterocycles. The van der Waals surface area contributed by atoms with Crippen molar-refractivity contribution in [2.75, 3.05) is 0 Å². The van der Waals surface area contributed by atoms with Gasteiger partial charge in [-0.1, -0.05) is 6.92 Å². The van der Waals surface area contributed by atoms with Crippen LogP contribution in [0.2, 0.25) is 0 Å². The Kier molecular flexibility index (Phi) is 3.50. The molecule has 1 atom stereocenters. The van der Waals surface area contributed by atoms with Crippen molar-refractivity contribution in [1.29, 1.82) is 0 Å². The number of hydrogen-bond acceptors (Lipinski definition) is 2. The Morgan fingerprint density at radius 2 is 2.23 bits per heavy atom. The van der Waals surface area contributed by atoms with E-state index >= 15 is 0 Å². The highest BCUT2D eigenvalue weighted by molar-refractivity contribution is 9.10. The Morgan fingerprint density at radius 3 is 2.69 bits per heavy atom. The molecule has 13 heavy (non-hydrogen) atoms. The van der Waals surface area contributed by atoms with Crippen LogP contribution in [0.3, 0.4) is 0 Å². The summed E-state index contributed by atoms with van der Waals surface area (Å²) in [6.07, 6.45) is 2.00. The van der Waals surface area contributed by atoms with E-state index in [2.05, 4.69) is 21.0 Å². The number of halogens is 1.